The molecule has 0 saturated heterocycles. The predicted octanol–water partition coefficient (Wildman–Crippen LogP) is 2.85. The standard InChI is InChI=1S/C18H18N2O4/c1-11(21)23-9-14-15(10-24-12(2)22)19-8-17-18(14)13-6-4-5-7-16(13)20(17)3/h4-8H,9-10H2,1-3H3. The third-order valence-corrected chi connectivity index (χ3v) is 3.98. The molecule has 0 fully saturated rings. The number of benzene rings is 1. The highest BCUT2D eigenvalue weighted by Crippen LogP contribution is 2.32. The van der Waals surface area contributed by atoms with Gasteiger partial charge in [0, 0.05) is 42.7 Å². The first-order valence-corrected chi connectivity index (χ1v) is 7.59. The van der Waals surface area contributed by atoms with Gasteiger partial charge in [0.05, 0.1) is 17.4 Å². The zero-order chi connectivity index (χ0) is 17.3. The SMILES string of the molecule is CC(=O)OCc1ncc2c(c1COC(C)=O)c1ccccc1n2C. The fourth-order valence-corrected chi connectivity index (χ4v) is 2.87. The summed E-state index contributed by atoms with van der Waals surface area (Å²) in [5.41, 5.74) is 3.35. The molecular formula is C18H18N2O4. The van der Waals surface area contributed by atoms with E-state index >= 15 is 0 Å². The fraction of sp³-hybridized carbons (Fsp3) is 0.278. The zero-order valence-corrected chi connectivity index (χ0v) is 13.8. The third kappa shape index (κ3) is 2.82. The first-order chi connectivity index (χ1) is 11.5. The number of nitrogens with zero attached hydrogens (tertiary/aromatic N) is 2. The minimum absolute atomic E-state index is 0.0467. The molecule has 0 atom stereocenters. The third-order valence-electron chi connectivity index (χ3n) is 3.98. The Balaban J connectivity index is 2.24. The second kappa shape index (κ2) is 6.31. The van der Waals surface area contributed by atoms with E-state index in [9.17, 15) is 9.59 Å². The summed E-state index contributed by atoms with van der Waals surface area (Å²) in [5, 5.41) is 2.01. The van der Waals surface area contributed by atoms with Crippen LogP contribution in [0.1, 0.15) is 25.1 Å². The Morgan fingerprint density at radius 1 is 1.04 bits per heavy atom. The highest BCUT2D eigenvalue weighted by Gasteiger charge is 2.17. The van der Waals surface area contributed by atoms with Gasteiger partial charge in [0.1, 0.15) is 13.2 Å². The van der Waals surface area contributed by atoms with Crippen molar-refractivity contribution in [2.24, 2.45) is 7.05 Å². The highest BCUT2D eigenvalue weighted by molar-refractivity contribution is 6.09. The van der Waals surface area contributed by atoms with Crippen molar-refractivity contribution < 1.29 is 19.1 Å². The molecular weight excluding hydrogens is 308 g/mol. The van der Waals surface area contributed by atoms with Gasteiger partial charge in [-0.1, -0.05) is 18.2 Å². The first-order valence-electron chi connectivity index (χ1n) is 7.59. The lowest BCUT2D eigenvalue weighted by molar-refractivity contribution is -0.144. The van der Waals surface area contributed by atoms with Crippen LogP contribution in [0.5, 0.6) is 0 Å². The molecule has 0 amide bonds. The van der Waals surface area contributed by atoms with Crippen molar-refractivity contribution in [3.05, 3.63) is 41.7 Å². The van der Waals surface area contributed by atoms with Crippen LogP contribution in [0.15, 0.2) is 30.5 Å². The Morgan fingerprint density at radius 2 is 1.71 bits per heavy atom. The largest absolute Gasteiger partial charge is 0.461 e. The number of pyridine rings is 1. The molecule has 0 N–H and O–H groups in total. The Kier molecular flexibility index (Phi) is 4.20. The minimum atomic E-state index is -0.381. The quantitative estimate of drug-likeness (QED) is 0.690. The molecule has 3 aromatic rings. The number of aromatic nitrogens is 2. The average molecular weight is 326 g/mol. The number of hydrogen-bond acceptors (Lipinski definition) is 5. The molecule has 0 aliphatic carbocycles. The molecule has 124 valence electrons. The number of para-hydroxylation sites is 1. The number of aryl methyl sites for hydroxylation is 1. The van der Waals surface area contributed by atoms with E-state index in [0.717, 1.165) is 27.4 Å². The minimum Gasteiger partial charge on any atom is -0.461 e. The molecule has 0 radical (unpaired) electrons. The summed E-state index contributed by atoms with van der Waals surface area (Å²) in [7, 11) is 1.97. The van der Waals surface area contributed by atoms with E-state index in [4.69, 9.17) is 9.47 Å². The van der Waals surface area contributed by atoms with Crippen molar-refractivity contribution in [2.45, 2.75) is 27.1 Å². The lowest BCUT2D eigenvalue weighted by atomic mass is 10.1. The molecule has 0 aliphatic rings. The maximum atomic E-state index is 11.3. The number of rotatable bonds is 4. The van der Waals surface area contributed by atoms with Crippen molar-refractivity contribution in [3.63, 3.8) is 0 Å². The van der Waals surface area contributed by atoms with Crippen LogP contribution in [-0.4, -0.2) is 21.5 Å². The summed E-state index contributed by atoms with van der Waals surface area (Å²) >= 11 is 0. The van der Waals surface area contributed by atoms with Gasteiger partial charge in [-0.2, -0.15) is 0 Å². The van der Waals surface area contributed by atoms with Gasteiger partial charge in [-0.15, -0.1) is 0 Å². The van der Waals surface area contributed by atoms with E-state index in [2.05, 4.69) is 4.98 Å². The van der Waals surface area contributed by atoms with Gasteiger partial charge < -0.3 is 14.0 Å². The van der Waals surface area contributed by atoms with Crippen LogP contribution in [0.3, 0.4) is 0 Å². The zero-order valence-electron chi connectivity index (χ0n) is 13.8. The van der Waals surface area contributed by atoms with Gasteiger partial charge in [0.25, 0.3) is 0 Å². The molecule has 3 rings (SSSR count). The topological polar surface area (TPSA) is 70.4 Å². The van der Waals surface area contributed by atoms with Crippen LogP contribution in [-0.2, 0) is 39.3 Å². The monoisotopic (exact) mass is 326 g/mol. The first kappa shape index (κ1) is 16.0. The second-order valence-corrected chi connectivity index (χ2v) is 5.58. The molecule has 0 bridgehead atoms. The molecule has 2 aromatic heterocycles. The van der Waals surface area contributed by atoms with Crippen LogP contribution < -0.4 is 0 Å². The van der Waals surface area contributed by atoms with Crippen LogP contribution in [0.2, 0.25) is 0 Å². The summed E-state index contributed by atoms with van der Waals surface area (Å²) in [6, 6.07) is 7.98. The maximum Gasteiger partial charge on any atom is 0.303 e. The molecule has 0 unspecified atom stereocenters. The maximum absolute atomic E-state index is 11.3. The molecule has 24 heavy (non-hydrogen) atoms. The van der Waals surface area contributed by atoms with E-state index in [0.29, 0.717) is 5.69 Å². The number of fused-ring (bicyclic) bond motifs is 3. The number of esters is 2. The summed E-state index contributed by atoms with van der Waals surface area (Å²) < 4.78 is 12.4. The van der Waals surface area contributed by atoms with Crippen molar-refractivity contribution in [3.8, 4) is 0 Å². The molecule has 0 spiro atoms. The number of ether oxygens (including phenoxy) is 2. The van der Waals surface area contributed by atoms with E-state index in [1.807, 2.05) is 35.9 Å². The number of carbonyl (C=O) groups excluding carboxylic acids is 2. The summed E-state index contributed by atoms with van der Waals surface area (Å²) in [4.78, 5) is 26.8. The van der Waals surface area contributed by atoms with Crippen LogP contribution >= 0.6 is 0 Å². The van der Waals surface area contributed by atoms with Gasteiger partial charge in [-0.3, -0.25) is 14.6 Å². The Bertz CT molecular complexity index is 943. The normalized spacial score (nSPS) is 11.0. The summed E-state index contributed by atoms with van der Waals surface area (Å²) in [5.74, 6) is -0.751. The molecule has 6 nitrogen and oxygen atoms in total. The Morgan fingerprint density at radius 3 is 2.42 bits per heavy atom. The Hall–Kier alpha value is -2.89. The molecule has 1 aromatic carbocycles. The van der Waals surface area contributed by atoms with Gasteiger partial charge >= 0.3 is 11.9 Å². The van der Waals surface area contributed by atoms with E-state index in [1.54, 1.807) is 6.20 Å². The molecule has 6 heteroatoms. The lowest BCUT2D eigenvalue weighted by Crippen LogP contribution is -2.08. The lowest BCUT2D eigenvalue weighted by Gasteiger charge is -2.11. The van der Waals surface area contributed by atoms with Crippen molar-refractivity contribution >= 4 is 33.7 Å². The van der Waals surface area contributed by atoms with Crippen LogP contribution in [0.25, 0.3) is 21.8 Å². The Labute approximate surface area is 139 Å². The van der Waals surface area contributed by atoms with E-state index < -0.39 is 0 Å². The fourth-order valence-electron chi connectivity index (χ4n) is 2.87. The number of carbonyl (C=O) groups is 2. The van der Waals surface area contributed by atoms with Gasteiger partial charge in [-0.25, -0.2) is 0 Å². The van der Waals surface area contributed by atoms with Crippen molar-refractivity contribution in [1.82, 2.24) is 9.55 Å². The summed E-state index contributed by atoms with van der Waals surface area (Å²) in [6.45, 7) is 2.85. The van der Waals surface area contributed by atoms with Crippen molar-refractivity contribution in [1.29, 1.82) is 0 Å². The highest BCUT2D eigenvalue weighted by atomic mass is 16.5. The van der Waals surface area contributed by atoms with Crippen LogP contribution in [0.4, 0.5) is 0 Å². The summed E-state index contributed by atoms with van der Waals surface area (Å²) in [6.07, 6.45) is 1.76. The van der Waals surface area contributed by atoms with E-state index in [-0.39, 0.29) is 25.2 Å². The van der Waals surface area contributed by atoms with Gasteiger partial charge in [0.15, 0.2) is 0 Å². The second-order valence-electron chi connectivity index (χ2n) is 5.58. The van der Waals surface area contributed by atoms with E-state index in [1.165, 1.54) is 13.8 Å². The number of hydrogen-bond donors (Lipinski definition) is 0. The molecule has 2 heterocycles. The molecule has 0 saturated carbocycles. The van der Waals surface area contributed by atoms with Gasteiger partial charge in [-0.05, 0) is 6.07 Å². The van der Waals surface area contributed by atoms with Gasteiger partial charge in [0.2, 0.25) is 0 Å². The van der Waals surface area contributed by atoms with Crippen LogP contribution in [0, 0.1) is 0 Å². The smallest absolute Gasteiger partial charge is 0.303 e. The van der Waals surface area contributed by atoms with Crippen molar-refractivity contribution in [2.75, 3.05) is 0 Å². The predicted molar refractivity (Wildman–Crippen MR) is 89.2 cm³/mol. The average Bonchev–Trinajstić information content (AvgIpc) is 2.84. The molecule has 0 aliphatic heterocycles.